The minimum atomic E-state index is -0.351. The second-order valence-electron chi connectivity index (χ2n) is 6.32. The summed E-state index contributed by atoms with van der Waals surface area (Å²) < 4.78 is 19.5. The zero-order chi connectivity index (χ0) is 19.6. The molecule has 1 unspecified atom stereocenters. The van der Waals surface area contributed by atoms with Crippen LogP contribution in [0.3, 0.4) is 0 Å². The lowest BCUT2D eigenvalue weighted by Crippen LogP contribution is -2.34. The Morgan fingerprint density at radius 2 is 2.04 bits per heavy atom. The first-order valence-corrected chi connectivity index (χ1v) is 9.57. The van der Waals surface area contributed by atoms with E-state index in [9.17, 15) is 9.18 Å². The van der Waals surface area contributed by atoms with Crippen LogP contribution in [-0.4, -0.2) is 38.6 Å². The lowest BCUT2D eigenvalue weighted by atomic mass is 10.0. The van der Waals surface area contributed by atoms with Crippen molar-refractivity contribution in [3.05, 3.63) is 63.7 Å². The van der Waals surface area contributed by atoms with Gasteiger partial charge in [0.15, 0.2) is 0 Å². The molecule has 0 aliphatic rings. The van der Waals surface area contributed by atoms with Crippen LogP contribution in [0.4, 0.5) is 4.39 Å². The number of hydrogen-bond donors (Lipinski definition) is 1. The number of carbonyl (C=O) groups excluding carboxylic acids is 1. The van der Waals surface area contributed by atoms with Gasteiger partial charge >= 0.3 is 0 Å². The fourth-order valence-corrected chi connectivity index (χ4v) is 4.43. The highest BCUT2D eigenvalue weighted by Gasteiger charge is 2.22. The van der Waals surface area contributed by atoms with E-state index in [2.05, 4.69) is 5.32 Å². The van der Waals surface area contributed by atoms with Gasteiger partial charge in [0.1, 0.15) is 16.4 Å². The number of nitrogens with one attached hydrogen (secondary N) is 1. The third kappa shape index (κ3) is 4.08. The topological polar surface area (TPSA) is 41.6 Å². The third-order valence-corrected chi connectivity index (χ3v) is 6.03. The number of carbonyl (C=O) groups is 1. The molecule has 3 rings (SSSR count). The van der Waals surface area contributed by atoms with Crippen LogP contribution < -0.4 is 10.1 Å². The number of nitrogens with zero attached hydrogens (tertiary/aromatic N) is 1. The predicted molar refractivity (Wildman–Crippen MR) is 109 cm³/mol. The zero-order valence-electron chi connectivity index (χ0n) is 15.3. The van der Waals surface area contributed by atoms with Crippen LogP contribution in [0, 0.1) is 5.82 Å². The molecule has 1 heterocycles. The van der Waals surface area contributed by atoms with Crippen molar-refractivity contribution in [2.45, 2.75) is 6.04 Å². The van der Waals surface area contributed by atoms with Gasteiger partial charge in [-0.25, -0.2) is 4.39 Å². The van der Waals surface area contributed by atoms with E-state index < -0.39 is 0 Å². The second kappa shape index (κ2) is 8.25. The Morgan fingerprint density at radius 1 is 1.30 bits per heavy atom. The first-order chi connectivity index (χ1) is 12.9. The van der Waals surface area contributed by atoms with Crippen LogP contribution in [0.5, 0.6) is 5.75 Å². The Labute approximate surface area is 166 Å². The molecule has 4 nitrogen and oxygen atoms in total. The molecule has 3 aromatic rings. The molecule has 1 amide bonds. The van der Waals surface area contributed by atoms with E-state index in [1.165, 1.54) is 23.5 Å². The molecule has 0 saturated heterocycles. The second-order valence-corrected chi connectivity index (χ2v) is 7.75. The average molecular weight is 407 g/mol. The first-order valence-electron chi connectivity index (χ1n) is 8.37. The monoisotopic (exact) mass is 406 g/mol. The number of ether oxygens (including phenoxy) is 1. The summed E-state index contributed by atoms with van der Waals surface area (Å²) in [6.45, 7) is 0.380. The van der Waals surface area contributed by atoms with Crippen LogP contribution in [-0.2, 0) is 0 Å². The number of methoxy groups -OCH3 is 1. The van der Waals surface area contributed by atoms with Crippen LogP contribution in [0.25, 0.3) is 10.1 Å². The van der Waals surface area contributed by atoms with E-state index in [1.54, 1.807) is 13.2 Å². The van der Waals surface area contributed by atoms with Gasteiger partial charge in [0.2, 0.25) is 0 Å². The Hall–Kier alpha value is -2.15. The van der Waals surface area contributed by atoms with E-state index in [0.29, 0.717) is 26.5 Å². The van der Waals surface area contributed by atoms with E-state index in [1.807, 2.05) is 43.3 Å². The van der Waals surface area contributed by atoms with E-state index in [0.717, 1.165) is 11.3 Å². The van der Waals surface area contributed by atoms with Gasteiger partial charge in [-0.1, -0.05) is 29.8 Å². The van der Waals surface area contributed by atoms with Gasteiger partial charge in [-0.3, -0.25) is 4.79 Å². The highest BCUT2D eigenvalue weighted by molar-refractivity contribution is 7.21. The van der Waals surface area contributed by atoms with Crippen molar-refractivity contribution in [1.82, 2.24) is 10.2 Å². The van der Waals surface area contributed by atoms with Crippen molar-refractivity contribution < 1.29 is 13.9 Å². The Kier molecular flexibility index (Phi) is 5.99. The highest BCUT2D eigenvalue weighted by atomic mass is 35.5. The number of fused-ring (bicyclic) bond motifs is 1. The van der Waals surface area contributed by atoms with Gasteiger partial charge in [-0.15, -0.1) is 11.3 Å². The fourth-order valence-electron chi connectivity index (χ4n) is 2.97. The van der Waals surface area contributed by atoms with Gasteiger partial charge in [-0.05, 0) is 38.4 Å². The minimum absolute atomic E-state index is 0.0734. The van der Waals surface area contributed by atoms with E-state index in [4.69, 9.17) is 16.3 Å². The van der Waals surface area contributed by atoms with Crippen molar-refractivity contribution in [3.63, 3.8) is 0 Å². The lowest BCUT2D eigenvalue weighted by molar-refractivity contribution is 0.0945. The smallest absolute Gasteiger partial charge is 0.262 e. The SMILES string of the molecule is COc1ccccc1C(CNC(=O)c1sc2cc(F)ccc2c1Cl)N(C)C. The van der Waals surface area contributed by atoms with Gasteiger partial charge in [0.25, 0.3) is 5.91 Å². The Balaban J connectivity index is 1.82. The number of hydrogen-bond acceptors (Lipinski definition) is 4. The van der Waals surface area contributed by atoms with Crippen molar-refractivity contribution >= 4 is 38.9 Å². The molecule has 1 atom stereocenters. The summed E-state index contributed by atoms with van der Waals surface area (Å²) in [5, 5.41) is 3.98. The van der Waals surface area contributed by atoms with E-state index in [-0.39, 0.29) is 17.8 Å². The number of likely N-dealkylation sites (N-methyl/N-ethyl adjacent to an activating group) is 1. The number of thiophene rings is 1. The van der Waals surface area contributed by atoms with Crippen LogP contribution in [0.15, 0.2) is 42.5 Å². The molecule has 142 valence electrons. The molecular weight excluding hydrogens is 387 g/mol. The highest BCUT2D eigenvalue weighted by Crippen LogP contribution is 2.36. The summed E-state index contributed by atoms with van der Waals surface area (Å²) >= 11 is 7.53. The molecule has 0 saturated carbocycles. The summed E-state index contributed by atoms with van der Waals surface area (Å²) in [6, 6.07) is 12.0. The van der Waals surface area contributed by atoms with E-state index >= 15 is 0 Å². The zero-order valence-corrected chi connectivity index (χ0v) is 16.8. The van der Waals surface area contributed by atoms with Crippen LogP contribution in [0.2, 0.25) is 5.02 Å². The average Bonchev–Trinajstić information content (AvgIpc) is 2.97. The van der Waals surface area contributed by atoms with Gasteiger partial charge < -0.3 is 15.0 Å². The normalized spacial score (nSPS) is 12.4. The molecule has 0 aliphatic heterocycles. The molecule has 2 aromatic carbocycles. The molecule has 1 N–H and O–H groups in total. The molecular formula is C20H20ClFN2O2S. The number of para-hydroxylation sites is 1. The first kappa shape index (κ1) is 19.6. The molecule has 0 bridgehead atoms. The molecule has 1 aromatic heterocycles. The Bertz CT molecular complexity index is 974. The van der Waals surface area contributed by atoms with Crippen LogP contribution >= 0.6 is 22.9 Å². The number of rotatable bonds is 6. The Morgan fingerprint density at radius 3 is 2.74 bits per heavy atom. The van der Waals surface area contributed by atoms with Crippen molar-refractivity contribution in [3.8, 4) is 5.75 Å². The molecule has 0 spiro atoms. The summed E-state index contributed by atoms with van der Waals surface area (Å²) in [4.78, 5) is 15.1. The minimum Gasteiger partial charge on any atom is -0.496 e. The summed E-state index contributed by atoms with van der Waals surface area (Å²) in [5.41, 5.74) is 0.981. The number of halogens is 2. The molecule has 0 fully saturated rings. The van der Waals surface area contributed by atoms with Crippen LogP contribution in [0.1, 0.15) is 21.3 Å². The molecule has 7 heteroatoms. The van der Waals surface area contributed by atoms with Gasteiger partial charge in [0.05, 0.1) is 18.2 Å². The lowest BCUT2D eigenvalue weighted by Gasteiger charge is -2.26. The largest absolute Gasteiger partial charge is 0.496 e. The maximum Gasteiger partial charge on any atom is 0.262 e. The van der Waals surface area contributed by atoms with Gasteiger partial charge in [0, 0.05) is 22.2 Å². The third-order valence-electron chi connectivity index (χ3n) is 4.37. The summed E-state index contributed by atoms with van der Waals surface area (Å²) in [6.07, 6.45) is 0. The maximum atomic E-state index is 13.4. The number of benzene rings is 2. The maximum absolute atomic E-state index is 13.4. The van der Waals surface area contributed by atoms with Crippen molar-refractivity contribution in [2.24, 2.45) is 0 Å². The molecule has 0 aliphatic carbocycles. The summed E-state index contributed by atoms with van der Waals surface area (Å²) in [5.74, 6) is 0.139. The molecule has 0 radical (unpaired) electrons. The standard InChI is InChI=1S/C20H20ClFN2O2S/c1-24(2)15(13-6-4-5-7-16(13)26-3)11-23-20(25)19-18(21)14-9-8-12(22)10-17(14)27-19/h4-10,15H,11H2,1-3H3,(H,23,25). The number of amides is 1. The predicted octanol–water partition coefficient (Wildman–Crippen LogP) is 4.74. The van der Waals surface area contributed by atoms with Crippen molar-refractivity contribution in [2.75, 3.05) is 27.7 Å². The molecule has 27 heavy (non-hydrogen) atoms. The fraction of sp³-hybridized carbons (Fsp3) is 0.250. The summed E-state index contributed by atoms with van der Waals surface area (Å²) in [7, 11) is 5.51. The van der Waals surface area contributed by atoms with Gasteiger partial charge in [-0.2, -0.15) is 0 Å². The quantitative estimate of drug-likeness (QED) is 0.643. The van der Waals surface area contributed by atoms with Crippen molar-refractivity contribution in [1.29, 1.82) is 0 Å².